The van der Waals surface area contributed by atoms with Crippen LogP contribution in [0.2, 0.25) is 0 Å². The second-order valence-corrected chi connectivity index (χ2v) is 4.16. The van der Waals surface area contributed by atoms with Gasteiger partial charge in [0.1, 0.15) is 0 Å². The highest BCUT2D eigenvalue weighted by atomic mass is 16.5. The monoisotopic (exact) mass is 230 g/mol. The van der Waals surface area contributed by atoms with Gasteiger partial charge in [-0.15, -0.1) is 0 Å². The molecule has 0 aromatic carbocycles. The fraction of sp³-hybridized carbons (Fsp3) is 0.909. The summed E-state index contributed by atoms with van der Waals surface area (Å²) in [4.78, 5) is 13.7. The molecule has 16 heavy (non-hydrogen) atoms. The highest BCUT2D eigenvalue weighted by Crippen LogP contribution is 2.08. The van der Waals surface area contributed by atoms with Crippen LogP contribution in [0.15, 0.2) is 0 Å². The second kappa shape index (κ2) is 7.60. The first kappa shape index (κ1) is 13.4. The molecule has 0 bridgehead atoms. The van der Waals surface area contributed by atoms with E-state index in [4.69, 9.17) is 9.84 Å². The van der Waals surface area contributed by atoms with Crippen molar-refractivity contribution in [2.24, 2.45) is 0 Å². The Morgan fingerprint density at radius 1 is 1.44 bits per heavy atom. The summed E-state index contributed by atoms with van der Waals surface area (Å²) in [6, 6.07) is -0.154. The number of amides is 1. The number of rotatable bonds is 6. The van der Waals surface area contributed by atoms with Crippen molar-refractivity contribution in [1.29, 1.82) is 0 Å². The van der Waals surface area contributed by atoms with Gasteiger partial charge in [0.2, 0.25) is 5.91 Å². The first-order valence-corrected chi connectivity index (χ1v) is 5.89. The topological polar surface area (TPSA) is 61.8 Å². The van der Waals surface area contributed by atoms with Crippen molar-refractivity contribution in [2.75, 3.05) is 40.0 Å². The molecular formula is C11H22N2O3. The summed E-state index contributed by atoms with van der Waals surface area (Å²) < 4.78 is 4.93. The number of nitrogens with one attached hydrogen (secondary N) is 1. The Morgan fingerprint density at radius 3 is 2.69 bits per heavy atom. The summed E-state index contributed by atoms with van der Waals surface area (Å²) in [6.45, 7) is 2.43. The molecule has 0 radical (unpaired) electrons. The molecule has 0 aromatic rings. The zero-order valence-electron chi connectivity index (χ0n) is 9.95. The summed E-state index contributed by atoms with van der Waals surface area (Å²) >= 11 is 0. The van der Waals surface area contributed by atoms with Crippen molar-refractivity contribution in [1.82, 2.24) is 10.2 Å². The molecule has 1 saturated heterocycles. The van der Waals surface area contributed by atoms with Crippen molar-refractivity contribution >= 4 is 5.91 Å². The lowest BCUT2D eigenvalue weighted by Crippen LogP contribution is -2.46. The van der Waals surface area contributed by atoms with E-state index in [1.54, 1.807) is 7.11 Å². The van der Waals surface area contributed by atoms with E-state index in [-0.39, 0.29) is 25.1 Å². The Labute approximate surface area is 96.8 Å². The van der Waals surface area contributed by atoms with Crippen LogP contribution in [0.25, 0.3) is 0 Å². The normalized spacial score (nSPS) is 18.5. The Hall–Kier alpha value is -0.650. The molecular weight excluding hydrogens is 208 g/mol. The van der Waals surface area contributed by atoms with Crippen molar-refractivity contribution in [3.05, 3.63) is 0 Å². The highest BCUT2D eigenvalue weighted by Gasteiger charge is 2.17. The molecule has 0 aromatic heterocycles. The molecule has 1 atom stereocenters. The van der Waals surface area contributed by atoms with Gasteiger partial charge in [-0.25, -0.2) is 0 Å². The van der Waals surface area contributed by atoms with Gasteiger partial charge in [0.05, 0.1) is 25.8 Å². The number of piperidine rings is 1. The molecule has 94 valence electrons. The quantitative estimate of drug-likeness (QED) is 0.651. The zero-order chi connectivity index (χ0) is 11.8. The molecule has 2 N–H and O–H groups in total. The van der Waals surface area contributed by atoms with Gasteiger partial charge >= 0.3 is 0 Å². The number of carbonyl (C=O) groups excluding carboxylic acids is 1. The summed E-state index contributed by atoms with van der Waals surface area (Å²) in [5, 5.41) is 12.0. The molecule has 1 aliphatic rings. The van der Waals surface area contributed by atoms with E-state index in [1.165, 1.54) is 6.42 Å². The van der Waals surface area contributed by atoms with Crippen LogP contribution in [-0.2, 0) is 9.53 Å². The maximum Gasteiger partial charge on any atom is 0.236 e. The molecule has 0 aliphatic carbocycles. The molecule has 1 amide bonds. The van der Waals surface area contributed by atoms with Gasteiger partial charge < -0.3 is 20.1 Å². The smallest absolute Gasteiger partial charge is 0.236 e. The molecule has 1 unspecified atom stereocenters. The maximum absolute atomic E-state index is 11.8. The van der Waals surface area contributed by atoms with Gasteiger partial charge in [-0.05, 0) is 19.3 Å². The molecule has 5 heteroatoms. The molecule has 1 heterocycles. The number of aliphatic hydroxyl groups is 1. The van der Waals surface area contributed by atoms with Crippen molar-refractivity contribution in [3.63, 3.8) is 0 Å². The molecule has 0 saturated carbocycles. The standard InChI is InChI=1S/C11H22N2O3/c1-16-9-10(8-14)12-7-11(15)13-5-3-2-4-6-13/h10,12,14H,2-9H2,1H3. The van der Waals surface area contributed by atoms with Crippen LogP contribution in [0.5, 0.6) is 0 Å². The minimum atomic E-state index is -0.154. The van der Waals surface area contributed by atoms with Gasteiger partial charge in [-0.3, -0.25) is 4.79 Å². The van der Waals surface area contributed by atoms with E-state index in [9.17, 15) is 4.79 Å². The lowest BCUT2D eigenvalue weighted by Gasteiger charge is -2.27. The summed E-state index contributed by atoms with van der Waals surface area (Å²) in [5.74, 6) is 0.120. The minimum Gasteiger partial charge on any atom is -0.395 e. The predicted molar refractivity (Wildman–Crippen MR) is 61.2 cm³/mol. The van der Waals surface area contributed by atoms with E-state index in [1.807, 2.05) is 4.90 Å². The van der Waals surface area contributed by atoms with E-state index in [2.05, 4.69) is 5.32 Å². The van der Waals surface area contributed by atoms with Crippen molar-refractivity contribution in [2.45, 2.75) is 25.3 Å². The average molecular weight is 230 g/mol. The Bertz CT molecular complexity index is 205. The lowest BCUT2D eigenvalue weighted by molar-refractivity contribution is -0.131. The number of hydrogen-bond donors (Lipinski definition) is 2. The van der Waals surface area contributed by atoms with Crippen molar-refractivity contribution in [3.8, 4) is 0 Å². The van der Waals surface area contributed by atoms with Crippen LogP contribution in [0, 0.1) is 0 Å². The molecule has 1 rings (SSSR count). The third kappa shape index (κ3) is 4.47. The number of nitrogens with zero attached hydrogens (tertiary/aromatic N) is 1. The fourth-order valence-electron chi connectivity index (χ4n) is 1.86. The summed E-state index contributed by atoms with van der Waals surface area (Å²) in [6.07, 6.45) is 3.43. The van der Waals surface area contributed by atoms with E-state index in [0.717, 1.165) is 25.9 Å². The van der Waals surface area contributed by atoms with Crippen LogP contribution in [0.4, 0.5) is 0 Å². The second-order valence-electron chi connectivity index (χ2n) is 4.16. The number of methoxy groups -OCH3 is 1. The van der Waals surface area contributed by atoms with Crippen LogP contribution in [0.1, 0.15) is 19.3 Å². The van der Waals surface area contributed by atoms with Gasteiger partial charge in [0.25, 0.3) is 0 Å². The van der Waals surface area contributed by atoms with E-state index >= 15 is 0 Å². The summed E-state index contributed by atoms with van der Waals surface area (Å²) in [5.41, 5.74) is 0. The fourth-order valence-corrected chi connectivity index (χ4v) is 1.86. The predicted octanol–water partition coefficient (Wildman–Crippen LogP) is -0.404. The summed E-state index contributed by atoms with van der Waals surface area (Å²) in [7, 11) is 1.58. The third-order valence-electron chi connectivity index (χ3n) is 2.84. The number of ether oxygens (including phenoxy) is 1. The van der Waals surface area contributed by atoms with Crippen molar-refractivity contribution < 1.29 is 14.6 Å². The third-order valence-corrected chi connectivity index (χ3v) is 2.84. The molecule has 5 nitrogen and oxygen atoms in total. The maximum atomic E-state index is 11.8. The van der Waals surface area contributed by atoms with Crippen LogP contribution in [0.3, 0.4) is 0 Å². The molecule has 1 fully saturated rings. The van der Waals surface area contributed by atoms with Gasteiger partial charge in [0, 0.05) is 20.2 Å². The number of likely N-dealkylation sites (tertiary alicyclic amines) is 1. The molecule has 1 aliphatic heterocycles. The van der Waals surface area contributed by atoms with E-state index < -0.39 is 0 Å². The first-order valence-electron chi connectivity index (χ1n) is 5.89. The van der Waals surface area contributed by atoms with E-state index in [0.29, 0.717) is 6.61 Å². The lowest BCUT2D eigenvalue weighted by atomic mass is 10.1. The zero-order valence-corrected chi connectivity index (χ0v) is 9.95. The van der Waals surface area contributed by atoms with Crippen LogP contribution < -0.4 is 5.32 Å². The highest BCUT2D eigenvalue weighted by molar-refractivity contribution is 5.78. The van der Waals surface area contributed by atoms with Crippen LogP contribution in [-0.4, -0.2) is 61.9 Å². The number of hydrogen-bond acceptors (Lipinski definition) is 4. The molecule has 0 spiro atoms. The Kier molecular flexibility index (Phi) is 6.37. The largest absolute Gasteiger partial charge is 0.395 e. The first-order chi connectivity index (χ1) is 7.77. The SMILES string of the molecule is COCC(CO)NCC(=O)N1CCCCC1. The van der Waals surface area contributed by atoms with Gasteiger partial charge in [-0.1, -0.05) is 0 Å². The Balaban J connectivity index is 2.22. The average Bonchev–Trinajstić information content (AvgIpc) is 2.35. The number of aliphatic hydroxyl groups excluding tert-OH is 1. The van der Waals surface area contributed by atoms with Gasteiger partial charge in [-0.2, -0.15) is 0 Å². The van der Waals surface area contributed by atoms with Crippen LogP contribution >= 0.6 is 0 Å². The minimum absolute atomic E-state index is 0.0128. The Morgan fingerprint density at radius 2 is 2.12 bits per heavy atom. The number of carbonyl (C=O) groups is 1. The van der Waals surface area contributed by atoms with Gasteiger partial charge in [0.15, 0.2) is 0 Å².